The molecule has 10 heteroatoms. The van der Waals surface area contributed by atoms with E-state index < -0.39 is 16.4 Å². The van der Waals surface area contributed by atoms with Gasteiger partial charge in [0.15, 0.2) is 0 Å². The van der Waals surface area contributed by atoms with E-state index in [4.69, 9.17) is 4.74 Å². The Kier molecular flexibility index (Phi) is 7.36. The standard InChI is InChI=1S/C20H25N5O5/c1-20(2,3)30-19(27)24-9-7-15(8-10-24)22-13-14(12-21)18(26)23-16-5-4-6-17(11-16)25(28)29/h4-6,11,13,15,22H,7-10H2,1-3H3,(H,23,26)/b14-13-. The van der Waals surface area contributed by atoms with Gasteiger partial charge in [-0.25, -0.2) is 4.79 Å². The fourth-order valence-corrected chi connectivity index (χ4v) is 2.80. The van der Waals surface area contributed by atoms with Crippen LogP contribution in [0.25, 0.3) is 0 Å². The van der Waals surface area contributed by atoms with E-state index in [9.17, 15) is 25.0 Å². The molecule has 2 N–H and O–H groups in total. The Balaban J connectivity index is 1.89. The lowest BCUT2D eigenvalue weighted by atomic mass is 10.1. The van der Waals surface area contributed by atoms with Crippen molar-refractivity contribution in [3.8, 4) is 6.07 Å². The van der Waals surface area contributed by atoms with Crippen molar-refractivity contribution < 1.29 is 19.2 Å². The number of nitriles is 1. The summed E-state index contributed by atoms with van der Waals surface area (Å²) in [5, 5.41) is 25.6. The molecule has 160 valence electrons. The molecule has 0 aromatic heterocycles. The summed E-state index contributed by atoms with van der Waals surface area (Å²) in [6.45, 7) is 6.44. The van der Waals surface area contributed by atoms with Crippen molar-refractivity contribution in [3.05, 3.63) is 46.2 Å². The van der Waals surface area contributed by atoms with E-state index in [0.29, 0.717) is 25.9 Å². The number of rotatable bonds is 5. The summed E-state index contributed by atoms with van der Waals surface area (Å²) in [5.41, 5.74) is -0.648. The number of hydrogen-bond donors (Lipinski definition) is 2. The molecular weight excluding hydrogens is 390 g/mol. The number of benzene rings is 1. The van der Waals surface area contributed by atoms with Crippen LogP contribution in [0.4, 0.5) is 16.2 Å². The predicted octanol–water partition coefficient (Wildman–Crippen LogP) is 2.93. The van der Waals surface area contributed by atoms with Crippen LogP contribution >= 0.6 is 0 Å². The van der Waals surface area contributed by atoms with Crippen LogP contribution in [0.3, 0.4) is 0 Å². The van der Waals surface area contributed by atoms with Gasteiger partial charge in [0.2, 0.25) is 0 Å². The molecule has 0 radical (unpaired) electrons. The van der Waals surface area contributed by atoms with Gasteiger partial charge < -0.3 is 20.3 Å². The van der Waals surface area contributed by atoms with Gasteiger partial charge in [-0.3, -0.25) is 14.9 Å². The molecule has 1 aromatic rings. The summed E-state index contributed by atoms with van der Waals surface area (Å²) in [4.78, 5) is 36.3. The van der Waals surface area contributed by atoms with E-state index >= 15 is 0 Å². The third kappa shape index (κ3) is 6.77. The van der Waals surface area contributed by atoms with E-state index in [1.165, 1.54) is 30.5 Å². The monoisotopic (exact) mass is 415 g/mol. The van der Waals surface area contributed by atoms with Crippen LogP contribution < -0.4 is 10.6 Å². The number of piperidine rings is 1. The van der Waals surface area contributed by atoms with Gasteiger partial charge in [-0.2, -0.15) is 5.26 Å². The van der Waals surface area contributed by atoms with Crippen molar-refractivity contribution in [2.45, 2.75) is 45.3 Å². The molecule has 30 heavy (non-hydrogen) atoms. The molecule has 10 nitrogen and oxygen atoms in total. The summed E-state index contributed by atoms with van der Waals surface area (Å²) >= 11 is 0. The average Bonchev–Trinajstić information content (AvgIpc) is 2.67. The zero-order chi connectivity index (χ0) is 22.3. The fraction of sp³-hybridized carbons (Fsp3) is 0.450. The number of carbonyl (C=O) groups excluding carboxylic acids is 2. The summed E-state index contributed by atoms with van der Waals surface area (Å²) in [7, 11) is 0. The predicted molar refractivity (Wildman–Crippen MR) is 109 cm³/mol. The highest BCUT2D eigenvalue weighted by atomic mass is 16.6. The highest BCUT2D eigenvalue weighted by Crippen LogP contribution is 2.18. The second kappa shape index (κ2) is 9.73. The third-order valence-corrected chi connectivity index (χ3v) is 4.29. The third-order valence-electron chi connectivity index (χ3n) is 4.29. The Bertz CT molecular complexity index is 876. The van der Waals surface area contributed by atoms with Crippen molar-refractivity contribution in [1.82, 2.24) is 10.2 Å². The van der Waals surface area contributed by atoms with E-state index in [-0.39, 0.29) is 29.1 Å². The SMILES string of the molecule is CC(C)(C)OC(=O)N1CCC(N/C=C(/C#N)C(=O)Nc2cccc([N+](=O)[O-])c2)CC1. The van der Waals surface area contributed by atoms with Crippen molar-refractivity contribution in [2.75, 3.05) is 18.4 Å². The number of nitro benzene ring substituents is 1. The molecule has 2 rings (SSSR count). The molecule has 0 unspecified atom stereocenters. The lowest BCUT2D eigenvalue weighted by Gasteiger charge is -2.33. The molecule has 1 aromatic carbocycles. The molecule has 1 fully saturated rings. The highest BCUT2D eigenvalue weighted by Gasteiger charge is 2.26. The van der Waals surface area contributed by atoms with Gasteiger partial charge in [0.1, 0.15) is 17.2 Å². The molecule has 1 aliphatic heterocycles. The number of carbonyl (C=O) groups is 2. The van der Waals surface area contributed by atoms with Crippen LogP contribution in [0.15, 0.2) is 36.0 Å². The van der Waals surface area contributed by atoms with Gasteiger partial charge in [0, 0.05) is 43.2 Å². The second-order valence-electron chi connectivity index (χ2n) is 7.84. The number of ether oxygens (including phenoxy) is 1. The minimum Gasteiger partial charge on any atom is -0.444 e. The lowest BCUT2D eigenvalue weighted by Crippen LogP contribution is -2.45. The topological polar surface area (TPSA) is 138 Å². The molecule has 0 spiro atoms. The smallest absolute Gasteiger partial charge is 0.410 e. The van der Waals surface area contributed by atoms with Crippen LogP contribution in [0.1, 0.15) is 33.6 Å². The van der Waals surface area contributed by atoms with Gasteiger partial charge >= 0.3 is 6.09 Å². The molecule has 1 saturated heterocycles. The number of likely N-dealkylation sites (tertiary alicyclic amines) is 1. The van der Waals surface area contributed by atoms with Crippen LogP contribution in [0.2, 0.25) is 0 Å². The summed E-state index contributed by atoms with van der Waals surface area (Å²) in [6.07, 6.45) is 2.26. The quantitative estimate of drug-likeness (QED) is 0.326. The molecule has 0 saturated carbocycles. The summed E-state index contributed by atoms with van der Waals surface area (Å²) in [5.74, 6) is -0.670. The van der Waals surface area contributed by atoms with E-state index in [0.717, 1.165) is 0 Å². The van der Waals surface area contributed by atoms with Crippen LogP contribution in [-0.4, -0.2) is 46.6 Å². The van der Waals surface area contributed by atoms with Gasteiger partial charge in [0.05, 0.1) is 4.92 Å². The van der Waals surface area contributed by atoms with Gasteiger partial charge in [-0.05, 0) is 39.7 Å². The maximum atomic E-state index is 12.3. The zero-order valence-corrected chi connectivity index (χ0v) is 17.2. The Labute approximate surface area is 174 Å². The number of nitro groups is 1. The number of non-ortho nitro benzene ring substituents is 1. The first-order chi connectivity index (χ1) is 14.1. The summed E-state index contributed by atoms with van der Waals surface area (Å²) < 4.78 is 5.36. The number of hydrogen-bond acceptors (Lipinski definition) is 7. The van der Waals surface area contributed by atoms with Crippen molar-refractivity contribution in [3.63, 3.8) is 0 Å². The van der Waals surface area contributed by atoms with Gasteiger partial charge in [-0.1, -0.05) is 6.07 Å². The molecule has 0 atom stereocenters. The Morgan fingerprint density at radius 1 is 1.33 bits per heavy atom. The molecule has 1 aliphatic rings. The average molecular weight is 415 g/mol. The second-order valence-corrected chi connectivity index (χ2v) is 7.84. The number of amides is 2. The first kappa shape index (κ1) is 22.7. The van der Waals surface area contributed by atoms with E-state index in [1.807, 2.05) is 26.8 Å². The zero-order valence-electron chi connectivity index (χ0n) is 17.2. The van der Waals surface area contributed by atoms with Crippen molar-refractivity contribution in [2.24, 2.45) is 0 Å². The maximum Gasteiger partial charge on any atom is 0.410 e. The summed E-state index contributed by atoms with van der Waals surface area (Å²) in [6, 6.07) is 7.28. The largest absolute Gasteiger partial charge is 0.444 e. The molecular formula is C20H25N5O5. The normalized spacial score (nSPS) is 15.1. The minimum atomic E-state index is -0.670. The number of nitrogens with zero attached hydrogens (tertiary/aromatic N) is 3. The van der Waals surface area contributed by atoms with Crippen LogP contribution in [-0.2, 0) is 9.53 Å². The van der Waals surface area contributed by atoms with Crippen molar-refractivity contribution in [1.29, 1.82) is 5.26 Å². The molecule has 2 amide bonds. The maximum absolute atomic E-state index is 12.3. The molecule has 0 bridgehead atoms. The fourth-order valence-electron chi connectivity index (χ4n) is 2.80. The van der Waals surface area contributed by atoms with E-state index in [2.05, 4.69) is 10.6 Å². The van der Waals surface area contributed by atoms with Gasteiger partial charge in [-0.15, -0.1) is 0 Å². The molecule has 0 aliphatic carbocycles. The Morgan fingerprint density at radius 2 is 2.00 bits per heavy atom. The van der Waals surface area contributed by atoms with E-state index in [1.54, 1.807) is 4.90 Å². The first-order valence-electron chi connectivity index (χ1n) is 9.49. The highest BCUT2D eigenvalue weighted by molar-refractivity contribution is 6.06. The van der Waals surface area contributed by atoms with Crippen molar-refractivity contribution >= 4 is 23.4 Å². The lowest BCUT2D eigenvalue weighted by molar-refractivity contribution is -0.384. The Hall–Kier alpha value is -3.61. The Morgan fingerprint density at radius 3 is 2.57 bits per heavy atom. The number of anilines is 1. The number of nitrogens with one attached hydrogen (secondary N) is 2. The minimum absolute atomic E-state index is 0.00218. The van der Waals surface area contributed by atoms with Crippen LogP contribution in [0, 0.1) is 21.4 Å². The first-order valence-corrected chi connectivity index (χ1v) is 9.49. The van der Waals surface area contributed by atoms with Crippen LogP contribution in [0.5, 0.6) is 0 Å². The van der Waals surface area contributed by atoms with Gasteiger partial charge in [0.25, 0.3) is 11.6 Å². The molecule has 1 heterocycles.